The molecule has 1 N–H and O–H groups in total. The van der Waals surface area contributed by atoms with Crippen LogP contribution in [0.2, 0.25) is 0 Å². The van der Waals surface area contributed by atoms with Crippen LogP contribution in [0.15, 0.2) is 30.6 Å². The van der Waals surface area contributed by atoms with Crippen LogP contribution in [0.3, 0.4) is 0 Å². The number of hydrogen-bond donors (Lipinski definition) is 1. The normalized spacial score (nSPS) is 41.7. The summed E-state index contributed by atoms with van der Waals surface area (Å²) < 4.78 is 0. The van der Waals surface area contributed by atoms with E-state index in [9.17, 15) is 4.79 Å². The molecule has 3 heteroatoms. The van der Waals surface area contributed by atoms with Crippen molar-refractivity contribution < 1.29 is 4.79 Å². The highest BCUT2D eigenvalue weighted by Gasteiger charge is 2.58. The van der Waals surface area contributed by atoms with Gasteiger partial charge in [0.25, 0.3) is 0 Å². The zero-order chi connectivity index (χ0) is 21.8. The van der Waals surface area contributed by atoms with Crippen LogP contribution >= 0.6 is 0 Å². The number of amides is 1. The molecule has 3 fully saturated rings. The van der Waals surface area contributed by atoms with Gasteiger partial charge in [-0.25, -0.2) is 0 Å². The van der Waals surface area contributed by atoms with Crippen molar-refractivity contribution >= 4 is 11.5 Å². The molecular formula is C28H40N2O. The van der Waals surface area contributed by atoms with Gasteiger partial charge in [0.2, 0.25) is 5.91 Å². The fraction of sp³-hybridized carbons (Fsp3) is 0.714. The Kier molecular flexibility index (Phi) is 5.30. The molecule has 0 saturated heterocycles. The number of allylic oxidation sites excluding steroid dienone is 2. The first kappa shape index (κ1) is 21.2. The molecule has 4 aliphatic carbocycles. The summed E-state index contributed by atoms with van der Waals surface area (Å²) in [5, 5.41) is 3.35. The Morgan fingerprint density at radius 1 is 1.13 bits per heavy atom. The molecule has 1 heterocycles. The summed E-state index contributed by atoms with van der Waals surface area (Å²) in [4.78, 5) is 16.7. The summed E-state index contributed by atoms with van der Waals surface area (Å²) in [6.07, 6.45) is 16.8. The topological polar surface area (TPSA) is 42.0 Å². The predicted molar refractivity (Wildman–Crippen MR) is 126 cm³/mol. The SMILES string of the molecule is CC(C)C(=O)N[C@H]1CC[C@@]2(C)C(CC[C@@H]3[C@@H]2CC[C@]2(C)C(c4cccnc4)=CC[C@@H]32)C1. The van der Waals surface area contributed by atoms with Crippen molar-refractivity contribution in [3.05, 3.63) is 36.2 Å². The molecule has 1 amide bonds. The first-order valence-corrected chi connectivity index (χ1v) is 12.7. The van der Waals surface area contributed by atoms with E-state index in [0.717, 1.165) is 30.1 Å². The second kappa shape index (κ2) is 7.74. The van der Waals surface area contributed by atoms with Crippen LogP contribution in [-0.4, -0.2) is 16.9 Å². The van der Waals surface area contributed by atoms with Gasteiger partial charge in [-0.2, -0.15) is 0 Å². The fourth-order valence-electron chi connectivity index (χ4n) is 8.29. The van der Waals surface area contributed by atoms with E-state index in [4.69, 9.17) is 0 Å². The van der Waals surface area contributed by atoms with Gasteiger partial charge in [-0.05, 0) is 103 Å². The van der Waals surface area contributed by atoms with Crippen molar-refractivity contribution in [3.8, 4) is 0 Å². The third kappa shape index (κ3) is 3.38. The summed E-state index contributed by atoms with van der Waals surface area (Å²) in [5.74, 6) is 3.59. The first-order valence-electron chi connectivity index (χ1n) is 12.7. The summed E-state index contributed by atoms with van der Waals surface area (Å²) in [6, 6.07) is 4.73. The van der Waals surface area contributed by atoms with Gasteiger partial charge in [0, 0.05) is 24.4 Å². The minimum atomic E-state index is 0.0870. The van der Waals surface area contributed by atoms with Crippen molar-refractivity contribution in [1.29, 1.82) is 0 Å². The number of carbonyl (C=O) groups excluding carboxylic acids is 1. The van der Waals surface area contributed by atoms with E-state index in [1.807, 2.05) is 20.0 Å². The van der Waals surface area contributed by atoms with Gasteiger partial charge in [-0.3, -0.25) is 9.78 Å². The summed E-state index contributed by atoms with van der Waals surface area (Å²) >= 11 is 0. The lowest BCUT2D eigenvalue weighted by molar-refractivity contribution is -0.127. The van der Waals surface area contributed by atoms with Crippen LogP contribution in [0.1, 0.15) is 84.6 Å². The lowest BCUT2D eigenvalue weighted by Crippen LogP contribution is -2.55. The Hall–Kier alpha value is -1.64. The molecule has 0 radical (unpaired) electrons. The molecule has 7 atom stereocenters. The summed E-state index contributed by atoms with van der Waals surface area (Å²) in [5.41, 5.74) is 3.68. The Morgan fingerprint density at radius 2 is 1.97 bits per heavy atom. The van der Waals surface area contributed by atoms with Crippen LogP contribution in [0.4, 0.5) is 0 Å². The molecule has 5 rings (SSSR count). The minimum absolute atomic E-state index is 0.0870. The van der Waals surface area contributed by atoms with Crippen molar-refractivity contribution in [2.75, 3.05) is 0 Å². The van der Waals surface area contributed by atoms with Crippen LogP contribution < -0.4 is 5.32 Å². The number of pyridine rings is 1. The molecule has 3 saturated carbocycles. The fourth-order valence-corrected chi connectivity index (χ4v) is 8.29. The Bertz CT molecular complexity index is 861. The lowest BCUT2D eigenvalue weighted by atomic mass is 9.44. The third-order valence-electron chi connectivity index (χ3n) is 10.1. The maximum atomic E-state index is 12.3. The maximum absolute atomic E-state index is 12.3. The van der Waals surface area contributed by atoms with Gasteiger partial charge in [0.1, 0.15) is 0 Å². The largest absolute Gasteiger partial charge is 0.353 e. The van der Waals surface area contributed by atoms with Gasteiger partial charge in [-0.1, -0.05) is 39.8 Å². The van der Waals surface area contributed by atoms with Gasteiger partial charge < -0.3 is 5.32 Å². The van der Waals surface area contributed by atoms with E-state index < -0.39 is 0 Å². The van der Waals surface area contributed by atoms with E-state index in [2.05, 4.69) is 48.6 Å². The molecule has 0 aromatic carbocycles. The highest BCUT2D eigenvalue weighted by Crippen LogP contribution is 2.67. The molecule has 0 bridgehead atoms. The van der Waals surface area contributed by atoms with E-state index in [0.29, 0.717) is 16.9 Å². The Labute approximate surface area is 188 Å². The number of carbonyl (C=O) groups is 1. The third-order valence-corrected chi connectivity index (χ3v) is 10.1. The van der Waals surface area contributed by atoms with Crippen LogP contribution in [-0.2, 0) is 4.79 Å². The summed E-state index contributed by atoms with van der Waals surface area (Å²) in [7, 11) is 0. The van der Waals surface area contributed by atoms with E-state index in [1.165, 1.54) is 50.5 Å². The number of aromatic nitrogens is 1. The molecular weight excluding hydrogens is 380 g/mol. The van der Waals surface area contributed by atoms with E-state index in [1.54, 1.807) is 5.57 Å². The zero-order valence-electron chi connectivity index (χ0n) is 19.9. The minimum Gasteiger partial charge on any atom is -0.353 e. The molecule has 4 aliphatic rings. The average molecular weight is 421 g/mol. The second-order valence-corrected chi connectivity index (χ2v) is 11.8. The highest BCUT2D eigenvalue weighted by molar-refractivity contribution is 5.78. The van der Waals surface area contributed by atoms with Crippen LogP contribution in [0, 0.1) is 40.4 Å². The first-order chi connectivity index (χ1) is 14.8. The highest BCUT2D eigenvalue weighted by atomic mass is 16.1. The quantitative estimate of drug-likeness (QED) is 0.627. The van der Waals surface area contributed by atoms with Crippen molar-refractivity contribution in [2.24, 2.45) is 40.4 Å². The van der Waals surface area contributed by atoms with Crippen molar-refractivity contribution in [3.63, 3.8) is 0 Å². The molecule has 0 spiro atoms. The standard InChI is InChI=1S/C28H40N2O/c1-18(2)26(31)30-21-11-13-27(3)20(16-21)7-8-22-24-10-9-23(19-6-5-15-29-17-19)28(24,4)14-12-25(22)27/h5-6,9,15,17-18,20-22,24-25H,7-8,10-14,16H2,1-4H3,(H,30,31)/t20?,21-,22-,24-,25-,27-,28+/m0/s1. The number of rotatable bonds is 3. The van der Waals surface area contributed by atoms with Crippen molar-refractivity contribution in [1.82, 2.24) is 10.3 Å². The van der Waals surface area contributed by atoms with Crippen molar-refractivity contribution in [2.45, 2.75) is 85.1 Å². The molecule has 3 nitrogen and oxygen atoms in total. The van der Waals surface area contributed by atoms with E-state index in [-0.39, 0.29) is 11.8 Å². The predicted octanol–water partition coefficient (Wildman–Crippen LogP) is 6.26. The Balaban J connectivity index is 1.33. The smallest absolute Gasteiger partial charge is 0.222 e. The number of hydrogen-bond acceptors (Lipinski definition) is 2. The zero-order valence-corrected chi connectivity index (χ0v) is 19.9. The van der Waals surface area contributed by atoms with Crippen LogP contribution in [0.5, 0.6) is 0 Å². The van der Waals surface area contributed by atoms with Gasteiger partial charge in [0.15, 0.2) is 0 Å². The summed E-state index contributed by atoms with van der Waals surface area (Å²) in [6.45, 7) is 9.17. The molecule has 0 aliphatic heterocycles. The number of nitrogens with zero attached hydrogens (tertiary/aromatic N) is 1. The Morgan fingerprint density at radius 3 is 2.71 bits per heavy atom. The monoisotopic (exact) mass is 420 g/mol. The molecule has 1 aromatic heterocycles. The van der Waals surface area contributed by atoms with E-state index >= 15 is 0 Å². The van der Waals surface area contributed by atoms with Crippen LogP contribution in [0.25, 0.3) is 5.57 Å². The number of fused-ring (bicyclic) bond motifs is 5. The maximum Gasteiger partial charge on any atom is 0.222 e. The van der Waals surface area contributed by atoms with Gasteiger partial charge in [-0.15, -0.1) is 0 Å². The molecule has 1 unspecified atom stereocenters. The molecule has 31 heavy (non-hydrogen) atoms. The average Bonchev–Trinajstić information content (AvgIpc) is 3.11. The number of nitrogens with one attached hydrogen (secondary N) is 1. The molecule has 1 aromatic rings. The lowest BCUT2D eigenvalue weighted by Gasteiger charge is -2.61. The molecule has 168 valence electrons. The van der Waals surface area contributed by atoms with Gasteiger partial charge >= 0.3 is 0 Å². The van der Waals surface area contributed by atoms with Gasteiger partial charge in [0.05, 0.1) is 0 Å². The second-order valence-electron chi connectivity index (χ2n) is 11.8.